The summed E-state index contributed by atoms with van der Waals surface area (Å²) in [6, 6.07) is 12.2. The molecule has 0 aliphatic heterocycles. The van der Waals surface area contributed by atoms with Crippen molar-refractivity contribution < 1.29 is 14.6 Å². The number of hydrogen-bond donors (Lipinski definition) is 1. The Bertz CT molecular complexity index is 591. The Kier molecular flexibility index (Phi) is 4.07. The van der Waals surface area contributed by atoms with E-state index in [4.69, 9.17) is 21.4 Å². The van der Waals surface area contributed by atoms with E-state index in [1.807, 2.05) is 24.3 Å². The molecule has 0 heterocycles. The van der Waals surface area contributed by atoms with Gasteiger partial charge < -0.3 is 9.84 Å². The third kappa shape index (κ3) is 3.26. The Hall–Kier alpha value is -2.00. The van der Waals surface area contributed by atoms with Crippen LogP contribution in [0.3, 0.4) is 0 Å². The molecule has 0 radical (unpaired) electrons. The Balaban J connectivity index is 2.18. The molecule has 0 aromatic heterocycles. The van der Waals surface area contributed by atoms with Gasteiger partial charge in [-0.05, 0) is 36.2 Å². The number of rotatable bonds is 4. The van der Waals surface area contributed by atoms with E-state index in [1.54, 1.807) is 6.07 Å². The van der Waals surface area contributed by atoms with Crippen molar-refractivity contribution in [3.8, 4) is 11.5 Å². The van der Waals surface area contributed by atoms with E-state index in [9.17, 15) is 4.79 Å². The highest BCUT2D eigenvalue weighted by Gasteiger charge is 2.09. The van der Waals surface area contributed by atoms with Gasteiger partial charge in [-0.3, -0.25) is 0 Å². The summed E-state index contributed by atoms with van der Waals surface area (Å²) in [5, 5.41) is 9.04. The molecule has 0 unspecified atom stereocenters. The number of carboxylic acid groups (broad SMARTS) is 1. The van der Waals surface area contributed by atoms with Gasteiger partial charge in [-0.2, -0.15) is 0 Å². The molecular formula is C15H13ClO3. The fourth-order valence-corrected chi connectivity index (χ4v) is 1.91. The topological polar surface area (TPSA) is 46.5 Å². The van der Waals surface area contributed by atoms with Crippen LogP contribution in [-0.4, -0.2) is 11.1 Å². The highest BCUT2D eigenvalue weighted by Crippen LogP contribution is 2.27. The minimum atomic E-state index is -1.05. The predicted molar refractivity (Wildman–Crippen MR) is 74.3 cm³/mol. The van der Waals surface area contributed by atoms with Gasteiger partial charge in [-0.25, -0.2) is 4.79 Å². The van der Waals surface area contributed by atoms with Gasteiger partial charge in [0.1, 0.15) is 11.5 Å². The second-order valence-corrected chi connectivity index (χ2v) is 4.45. The fraction of sp³-hybridized carbons (Fsp3) is 0.133. The van der Waals surface area contributed by atoms with E-state index in [-0.39, 0.29) is 10.6 Å². The fourth-order valence-electron chi connectivity index (χ4n) is 1.66. The van der Waals surface area contributed by atoms with Gasteiger partial charge in [0.15, 0.2) is 0 Å². The van der Waals surface area contributed by atoms with Crippen LogP contribution in [0.2, 0.25) is 5.02 Å². The normalized spacial score (nSPS) is 10.2. The summed E-state index contributed by atoms with van der Waals surface area (Å²) in [5.74, 6) is 0.152. The van der Waals surface area contributed by atoms with Crippen LogP contribution in [0, 0.1) is 0 Å². The molecule has 2 aromatic carbocycles. The molecule has 0 atom stereocenters. The predicted octanol–water partition coefficient (Wildman–Crippen LogP) is 4.39. The number of hydrogen-bond acceptors (Lipinski definition) is 2. The molecule has 0 spiro atoms. The first-order valence-electron chi connectivity index (χ1n) is 5.90. The summed E-state index contributed by atoms with van der Waals surface area (Å²) in [4.78, 5) is 10.8. The van der Waals surface area contributed by atoms with Gasteiger partial charge in [0.05, 0.1) is 10.6 Å². The van der Waals surface area contributed by atoms with Crippen molar-refractivity contribution in [3.05, 3.63) is 58.6 Å². The van der Waals surface area contributed by atoms with Crippen LogP contribution in [0.15, 0.2) is 42.5 Å². The van der Waals surface area contributed by atoms with Crippen molar-refractivity contribution in [2.75, 3.05) is 0 Å². The lowest BCUT2D eigenvalue weighted by Gasteiger charge is -2.07. The number of ether oxygens (including phenoxy) is 1. The largest absolute Gasteiger partial charge is 0.478 e. The van der Waals surface area contributed by atoms with Gasteiger partial charge in [-0.1, -0.05) is 30.7 Å². The molecule has 0 saturated heterocycles. The molecule has 98 valence electrons. The highest BCUT2D eigenvalue weighted by molar-refractivity contribution is 6.33. The minimum Gasteiger partial charge on any atom is -0.478 e. The van der Waals surface area contributed by atoms with E-state index in [2.05, 4.69) is 6.92 Å². The molecule has 2 aromatic rings. The first-order valence-corrected chi connectivity index (χ1v) is 6.27. The number of aryl methyl sites for hydroxylation is 1. The van der Waals surface area contributed by atoms with E-state index < -0.39 is 5.97 Å². The van der Waals surface area contributed by atoms with E-state index in [0.717, 1.165) is 6.42 Å². The van der Waals surface area contributed by atoms with Gasteiger partial charge in [0.2, 0.25) is 0 Å². The summed E-state index contributed by atoms with van der Waals surface area (Å²) < 4.78 is 5.62. The molecule has 0 aliphatic carbocycles. The lowest BCUT2D eigenvalue weighted by molar-refractivity contribution is 0.0697. The summed E-state index contributed by atoms with van der Waals surface area (Å²) in [6.07, 6.45) is 0.972. The number of carboxylic acids is 1. The molecule has 0 aliphatic rings. The zero-order chi connectivity index (χ0) is 13.8. The first kappa shape index (κ1) is 13.4. The van der Waals surface area contributed by atoms with Crippen molar-refractivity contribution in [1.82, 2.24) is 0 Å². The zero-order valence-corrected chi connectivity index (χ0v) is 11.1. The van der Waals surface area contributed by atoms with Gasteiger partial charge >= 0.3 is 5.97 Å². The maximum Gasteiger partial charge on any atom is 0.337 e. The molecule has 19 heavy (non-hydrogen) atoms. The SMILES string of the molecule is CCc1ccc(Oc2ccc(C(=O)O)c(Cl)c2)cc1. The van der Waals surface area contributed by atoms with Gasteiger partial charge in [0.25, 0.3) is 0 Å². The molecule has 0 fully saturated rings. The van der Waals surface area contributed by atoms with E-state index in [0.29, 0.717) is 11.5 Å². The first-order chi connectivity index (χ1) is 9.10. The van der Waals surface area contributed by atoms with Crippen molar-refractivity contribution >= 4 is 17.6 Å². The zero-order valence-electron chi connectivity index (χ0n) is 10.4. The Morgan fingerprint density at radius 3 is 2.32 bits per heavy atom. The molecule has 1 N–H and O–H groups in total. The third-order valence-electron chi connectivity index (χ3n) is 2.74. The quantitative estimate of drug-likeness (QED) is 0.901. The lowest BCUT2D eigenvalue weighted by atomic mass is 10.2. The molecule has 3 nitrogen and oxygen atoms in total. The van der Waals surface area contributed by atoms with Crippen LogP contribution in [0.1, 0.15) is 22.8 Å². The number of benzene rings is 2. The molecule has 4 heteroatoms. The van der Waals surface area contributed by atoms with Crippen molar-refractivity contribution in [3.63, 3.8) is 0 Å². The van der Waals surface area contributed by atoms with Crippen LogP contribution < -0.4 is 4.74 Å². The highest BCUT2D eigenvalue weighted by atomic mass is 35.5. The second-order valence-electron chi connectivity index (χ2n) is 4.05. The summed E-state index contributed by atoms with van der Waals surface area (Å²) in [7, 11) is 0. The molecule has 0 bridgehead atoms. The van der Waals surface area contributed by atoms with Crippen molar-refractivity contribution in [2.24, 2.45) is 0 Å². The number of halogens is 1. The molecular weight excluding hydrogens is 264 g/mol. The van der Waals surface area contributed by atoms with Crippen LogP contribution in [0.4, 0.5) is 0 Å². The second kappa shape index (κ2) is 5.76. The monoisotopic (exact) mass is 276 g/mol. The summed E-state index contributed by atoms with van der Waals surface area (Å²) >= 11 is 5.88. The van der Waals surface area contributed by atoms with Gasteiger partial charge in [0, 0.05) is 6.07 Å². The van der Waals surface area contributed by atoms with Crippen molar-refractivity contribution in [2.45, 2.75) is 13.3 Å². The number of carbonyl (C=O) groups is 1. The average molecular weight is 277 g/mol. The summed E-state index contributed by atoms with van der Waals surface area (Å²) in [5.41, 5.74) is 1.29. The smallest absolute Gasteiger partial charge is 0.337 e. The Morgan fingerprint density at radius 2 is 1.79 bits per heavy atom. The van der Waals surface area contributed by atoms with Crippen LogP contribution in [-0.2, 0) is 6.42 Å². The van der Waals surface area contributed by atoms with E-state index >= 15 is 0 Å². The molecule has 0 saturated carbocycles. The van der Waals surface area contributed by atoms with Crippen LogP contribution in [0.25, 0.3) is 0 Å². The lowest BCUT2D eigenvalue weighted by Crippen LogP contribution is -1.97. The van der Waals surface area contributed by atoms with Crippen molar-refractivity contribution in [1.29, 1.82) is 0 Å². The number of aromatic carboxylic acids is 1. The summed E-state index contributed by atoms with van der Waals surface area (Å²) in [6.45, 7) is 2.08. The standard InChI is InChI=1S/C15H13ClO3/c1-2-10-3-5-11(6-4-10)19-12-7-8-13(15(17)18)14(16)9-12/h3-9H,2H2,1H3,(H,17,18). The average Bonchev–Trinajstić information content (AvgIpc) is 2.39. The molecule has 2 rings (SSSR count). The van der Waals surface area contributed by atoms with Crippen LogP contribution >= 0.6 is 11.6 Å². The van der Waals surface area contributed by atoms with E-state index in [1.165, 1.54) is 17.7 Å². The van der Waals surface area contributed by atoms with Crippen LogP contribution in [0.5, 0.6) is 11.5 Å². The Labute approximate surface area is 116 Å². The third-order valence-corrected chi connectivity index (χ3v) is 3.05. The Morgan fingerprint density at radius 1 is 1.16 bits per heavy atom. The minimum absolute atomic E-state index is 0.0651. The molecule has 0 amide bonds. The van der Waals surface area contributed by atoms with Gasteiger partial charge in [-0.15, -0.1) is 0 Å². The maximum absolute atomic E-state index is 10.8. The maximum atomic E-state index is 10.8.